The number of benzene rings is 6. The Balaban J connectivity index is 1.35. The highest BCUT2D eigenvalue weighted by Crippen LogP contribution is 2.57. The molecule has 426 valence electrons. The molecule has 0 spiro atoms. The number of unbranched alkanes of at least 4 members (excludes halogenated alkanes) is 22. The molecule has 2 nitrogen and oxygen atoms in total. The molecule has 1 aliphatic rings. The van der Waals surface area contributed by atoms with Gasteiger partial charge in [0.25, 0.3) is 0 Å². The molecule has 0 bridgehead atoms. The standard InChI is InChI=1S/C77H108N2/c1-7-13-19-25-27-33-59-77(60-34-28-26-20-14-8-2)75-61-71(78(67-47-39-63(40-48-67)35-29-21-15-9-3)68-49-41-64(42-50-68)36-30-22-16-10-4)55-57-73(75)74-58-56-72(62-76(74)77)79(69-51-43-65(44-52-69)37-31-23-17-11-5)70-53-45-66(46-54-70)38-32-24-18-12-6/h39-58,61-62H,7-38,59-60H2,1-6H3. The van der Waals surface area contributed by atoms with Gasteiger partial charge in [-0.25, -0.2) is 0 Å². The summed E-state index contributed by atoms with van der Waals surface area (Å²) in [6.07, 6.45) is 43.3. The fourth-order valence-corrected chi connectivity index (χ4v) is 13.0. The van der Waals surface area contributed by atoms with Gasteiger partial charge in [0.15, 0.2) is 0 Å². The third kappa shape index (κ3) is 18.0. The molecule has 1 aliphatic carbocycles. The highest BCUT2D eigenvalue weighted by atomic mass is 15.1. The van der Waals surface area contributed by atoms with Crippen molar-refractivity contribution in [2.45, 2.75) is 265 Å². The van der Waals surface area contributed by atoms with Crippen molar-refractivity contribution in [3.8, 4) is 11.1 Å². The van der Waals surface area contributed by atoms with Crippen LogP contribution in [0.25, 0.3) is 11.1 Å². The van der Waals surface area contributed by atoms with Crippen molar-refractivity contribution in [3.05, 3.63) is 167 Å². The lowest BCUT2D eigenvalue weighted by atomic mass is 9.70. The molecule has 0 fully saturated rings. The summed E-state index contributed by atoms with van der Waals surface area (Å²) in [5, 5.41) is 0. The van der Waals surface area contributed by atoms with E-state index in [0.29, 0.717) is 0 Å². The minimum atomic E-state index is -0.0983. The summed E-state index contributed by atoms with van der Waals surface area (Å²) in [6.45, 7) is 13.9. The van der Waals surface area contributed by atoms with Crippen molar-refractivity contribution in [1.82, 2.24) is 0 Å². The van der Waals surface area contributed by atoms with Crippen molar-refractivity contribution in [1.29, 1.82) is 0 Å². The van der Waals surface area contributed by atoms with Crippen LogP contribution in [0, 0.1) is 0 Å². The number of aryl methyl sites for hydroxylation is 4. The number of fused-ring (bicyclic) bond motifs is 3. The third-order valence-corrected chi connectivity index (χ3v) is 17.8. The van der Waals surface area contributed by atoms with Gasteiger partial charge in [0.1, 0.15) is 0 Å². The molecule has 2 heteroatoms. The molecule has 7 rings (SSSR count). The quantitative estimate of drug-likeness (QED) is 0.0354. The van der Waals surface area contributed by atoms with Gasteiger partial charge in [0, 0.05) is 39.5 Å². The van der Waals surface area contributed by atoms with Gasteiger partial charge < -0.3 is 9.80 Å². The van der Waals surface area contributed by atoms with Crippen LogP contribution in [0.1, 0.15) is 268 Å². The van der Waals surface area contributed by atoms with Gasteiger partial charge in [-0.1, -0.05) is 256 Å². The topological polar surface area (TPSA) is 6.48 Å². The molecule has 0 aliphatic heterocycles. The van der Waals surface area contributed by atoms with Crippen LogP contribution in [0.4, 0.5) is 34.1 Å². The molecule has 6 aromatic rings. The van der Waals surface area contributed by atoms with E-state index in [-0.39, 0.29) is 5.41 Å². The van der Waals surface area contributed by atoms with Crippen molar-refractivity contribution in [2.24, 2.45) is 0 Å². The molecular formula is C77H108N2. The van der Waals surface area contributed by atoms with Crippen LogP contribution in [0.5, 0.6) is 0 Å². The van der Waals surface area contributed by atoms with E-state index >= 15 is 0 Å². The number of rotatable bonds is 40. The monoisotopic (exact) mass is 1060 g/mol. The smallest absolute Gasteiger partial charge is 0.0465 e. The molecule has 0 atom stereocenters. The molecular weight excluding hydrogens is 953 g/mol. The summed E-state index contributed by atoms with van der Waals surface area (Å²) in [5.74, 6) is 0. The van der Waals surface area contributed by atoms with Crippen LogP contribution in [-0.4, -0.2) is 0 Å². The zero-order chi connectivity index (χ0) is 55.3. The zero-order valence-electron chi connectivity index (χ0n) is 51.1. The minimum Gasteiger partial charge on any atom is -0.310 e. The largest absolute Gasteiger partial charge is 0.310 e. The van der Waals surface area contributed by atoms with Crippen molar-refractivity contribution >= 4 is 34.1 Å². The number of hydrogen-bond acceptors (Lipinski definition) is 2. The van der Waals surface area contributed by atoms with Crippen LogP contribution in [0.3, 0.4) is 0 Å². The van der Waals surface area contributed by atoms with Crippen LogP contribution in [-0.2, 0) is 31.1 Å². The number of nitrogens with zero attached hydrogens (tertiary/aromatic N) is 2. The maximum absolute atomic E-state index is 2.68. The first kappa shape index (κ1) is 61.5. The van der Waals surface area contributed by atoms with E-state index in [1.54, 1.807) is 11.1 Å². The van der Waals surface area contributed by atoms with E-state index in [1.165, 1.54) is 260 Å². The molecule has 0 heterocycles. The summed E-state index contributed by atoms with van der Waals surface area (Å²) >= 11 is 0. The molecule has 0 aromatic heterocycles. The summed E-state index contributed by atoms with van der Waals surface area (Å²) in [7, 11) is 0. The summed E-state index contributed by atoms with van der Waals surface area (Å²) in [6, 6.07) is 53.9. The SMILES string of the molecule is CCCCCCCCC1(CCCCCCCC)c2cc(N(c3ccc(CCCCCC)cc3)c3ccc(CCCCCC)cc3)ccc2-c2ccc(N(c3ccc(CCCCCC)cc3)c3ccc(CCCCCC)cc3)cc21. The summed E-state index contributed by atoms with van der Waals surface area (Å²) in [5.41, 5.74) is 19.2. The van der Waals surface area contributed by atoms with E-state index in [4.69, 9.17) is 0 Å². The van der Waals surface area contributed by atoms with Gasteiger partial charge in [-0.3, -0.25) is 0 Å². The molecule has 0 unspecified atom stereocenters. The Hall–Kier alpha value is -5.08. The molecule has 0 amide bonds. The van der Waals surface area contributed by atoms with Gasteiger partial charge >= 0.3 is 0 Å². The third-order valence-electron chi connectivity index (χ3n) is 17.8. The summed E-state index contributed by atoms with van der Waals surface area (Å²) in [4.78, 5) is 5.17. The Labute approximate surface area is 484 Å². The Kier molecular flexibility index (Phi) is 26.7. The number of anilines is 6. The fourth-order valence-electron chi connectivity index (χ4n) is 13.0. The van der Waals surface area contributed by atoms with E-state index in [9.17, 15) is 0 Å². The fraction of sp³-hybridized carbons (Fsp3) is 0.532. The van der Waals surface area contributed by atoms with E-state index in [1.807, 2.05) is 0 Å². The highest BCUT2D eigenvalue weighted by molar-refractivity contribution is 5.88. The Morgan fingerprint density at radius 2 is 0.468 bits per heavy atom. The second-order valence-corrected chi connectivity index (χ2v) is 24.2. The predicted octanol–water partition coefficient (Wildman–Crippen LogP) is 24.9. The second-order valence-electron chi connectivity index (χ2n) is 24.2. The van der Waals surface area contributed by atoms with Gasteiger partial charge in [-0.05, 0) is 182 Å². The molecule has 0 radical (unpaired) electrons. The molecule has 0 saturated heterocycles. The van der Waals surface area contributed by atoms with Gasteiger partial charge in [-0.15, -0.1) is 0 Å². The lowest BCUT2D eigenvalue weighted by Gasteiger charge is -2.35. The zero-order valence-corrected chi connectivity index (χ0v) is 51.1. The molecule has 0 N–H and O–H groups in total. The first-order valence-corrected chi connectivity index (χ1v) is 33.2. The Bertz CT molecular complexity index is 2290. The van der Waals surface area contributed by atoms with Gasteiger partial charge in [0.2, 0.25) is 0 Å². The minimum absolute atomic E-state index is 0.0983. The highest BCUT2D eigenvalue weighted by Gasteiger charge is 2.43. The van der Waals surface area contributed by atoms with E-state index < -0.39 is 0 Å². The van der Waals surface area contributed by atoms with Crippen molar-refractivity contribution in [2.75, 3.05) is 9.80 Å². The van der Waals surface area contributed by atoms with Crippen molar-refractivity contribution < 1.29 is 0 Å². The van der Waals surface area contributed by atoms with Crippen LogP contribution >= 0.6 is 0 Å². The summed E-state index contributed by atoms with van der Waals surface area (Å²) < 4.78 is 0. The normalized spacial score (nSPS) is 12.5. The van der Waals surface area contributed by atoms with Crippen LogP contribution in [0.2, 0.25) is 0 Å². The van der Waals surface area contributed by atoms with Crippen molar-refractivity contribution in [3.63, 3.8) is 0 Å². The Morgan fingerprint density at radius 1 is 0.241 bits per heavy atom. The van der Waals surface area contributed by atoms with E-state index in [0.717, 1.165) is 25.7 Å². The first-order chi connectivity index (χ1) is 39.0. The predicted molar refractivity (Wildman–Crippen MR) is 349 cm³/mol. The first-order valence-electron chi connectivity index (χ1n) is 33.2. The lowest BCUT2D eigenvalue weighted by molar-refractivity contribution is 0.398. The molecule has 79 heavy (non-hydrogen) atoms. The molecule has 0 saturated carbocycles. The average Bonchev–Trinajstić information content (AvgIpc) is 4.00. The Morgan fingerprint density at radius 3 is 0.734 bits per heavy atom. The van der Waals surface area contributed by atoms with Gasteiger partial charge in [0.05, 0.1) is 0 Å². The van der Waals surface area contributed by atoms with Crippen LogP contribution < -0.4 is 9.80 Å². The average molecular weight is 1060 g/mol. The second kappa shape index (κ2) is 34.3. The number of hydrogen-bond donors (Lipinski definition) is 0. The maximum Gasteiger partial charge on any atom is 0.0465 e. The van der Waals surface area contributed by atoms with Crippen LogP contribution in [0.15, 0.2) is 133 Å². The lowest BCUT2D eigenvalue weighted by Crippen LogP contribution is -2.26. The maximum atomic E-state index is 2.68. The van der Waals surface area contributed by atoms with E-state index in [2.05, 4.69) is 185 Å². The molecule has 6 aromatic carbocycles. The van der Waals surface area contributed by atoms with Gasteiger partial charge in [-0.2, -0.15) is 0 Å².